The van der Waals surface area contributed by atoms with Crippen molar-refractivity contribution >= 4 is 30.7 Å². The third kappa shape index (κ3) is 6.09. The molecule has 40 heavy (non-hydrogen) atoms. The van der Waals surface area contributed by atoms with Gasteiger partial charge in [-0.3, -0.25) is 9.59 Å². The summed E-state index contributed by atoms with van der Waals surface area (Å²) in [4.78, 5) is 26.1. The van der Waals surface area contributed by atoms with Crippen LogP contribution in [0.25, 0.3) is 11.5 Å². The molecule has 2 heterocycles. The van der Waals surface area contributed by atoms with E-state index in [2.05, 4.69) is 5.32 Å². The second-order valence-corrected chi connectivity index (χ2v) is 12.7. The standard InChI is InChI=1S/C26H29N3O8.2ClH.Pt/c1-33-19-5-12(6-20(34-2)25(19)31)22-14-7-17-18(37-11-36-17)8-15(14)24(16-10-35-26(32)23(16)22)29-21(30)4-3-13(28)9-27;;;/h5-8,13,16,22-24,27-28,31H,3-4,9-11H2,1-2H3,(H,29,30);2*1H;/q-2;;;+4/p-2/t13-,16-,22+,23-,24-;;;/m0.../s1. The van der Waals surface area contributed by atoms with Gasteiger partial charge in [-0.2, -0.15) is 12.6 Å². The van der Waals surface area contributed by atoms with Crippen molar-refractivity contribution in [1.29, 1.82) is 0 Å². The number of hydrogen-bond donors (Lipinski definition) is 2. The first kappa shape index (κ1) is 30.5. The summed E-state index contributed by atoms with van der Waals surface area (Å²) in [6.45, 7) is 0.115. The Morgan fingerprint density at radius 1 is 1.12 bits per heavy atom. The number of rotatable bonds is 8. The predicted molar refractivity (Wildman–Crippen MR) is 143 cm³/mol. The van der Waals surface area contributed by atoms with Crippen LogP contribution in [0.15, 0.2) is 24.3 Å². The van der Waals surface area contributed by atoms with Crippen LogP contribution < -0.4 is 24.3 Å². The molecule has 3 aliphatic rings. The number of phenols is 1. The van der Waals surface area contributed by atoms with Crippen LogP contribution in [0.1, 0.15) is 41.5 Å². The number of hydrogen-bond acceptors (Lipinski definition) is 8. The summed E-state index contributed by atoms with van der Waals surface area (Å²) < 4.78 is 27.5. The molecule has 11 nitrogen and oxygen atoms in total. The molecule has 4 N–H and O–H groups in total. The van der Waals surface area contributed by atoms with Crippen LogP contribution in [0.4, 0.5) is 0 Å². The topological polar surface area (TPSA) is 160 Å². The van der Waals surface area contributed by atoms with Gasteiger partial charge in [0.15, 0.2) is 23.0 Å². The number of aromatic hydroxyl groups is 1. The van der Waals surface area contributed by atoms with E-state index in [4.69, 9.17) is 54.0 Å². The van der Waals surface area contributed by atoms with Crippen molar-refractivity contribution in [2.75, 3.05) is 34.2 Å². The van der Waals surface area contributed by atoms with Gasteiger partial charge in [-0.1, -0.05) is 6.42 Å². The summed E-state index contributed by atoms with van der Waals surface area (Å²) in [6, 6.07) is 5.84. The number of ether oxygens (including phenoxy) is 5. The number of carbonyl (C=O) groups is 2. The van der Waals surface area contributed by atoms with Crippen molar-refractivity contribution in [3.05, 3.63) is 52.4 Å². The van der Waals surface area contributed by atoms with E-state index in [1.807, 2.05) is 12.1 Å². The summed E-state index contributed by atoms with van der Waals surface area (Å²) in [5.41, 5.74) is 17.3. The van der Waals surface area contributed by atoms with E-state index < -0.39 is 40.4 Å². The fourth-order valence-electron chi connectivity index (χ4n) is 5.49. The van der Waals surface area contributed by atoms with Crippen molar-refractivity contribution in [3.63, 3.8) is 0 Å². The monoisotopic (exact) mass is 776 g/mol. The van der Waals surface area contributed by atoms with Crippen LogP contribution in [0.2, 0.25) is 0 Å². The Morgan fingerprint density at radius 2 is 1.73 bits per heavy atom. The Kier molecular flexibility index (Phi) is 10.3. The van der Waals surface area contributed by atoms with Gasteiger partial charge in [-0.05, 0) is 41.0 Å². The molecule has 0 unspecified atom stereocenters. The number of phenolic OH excluding ortho intramolecular Hbond substituents is 1. The first-order chi connectivity index (χ1) is 19.3. The minimum absolute atomic E-state index is 0.0632. The molecule has 1 aliphatic carbocycles. The molecule has 0 radical (unpaired) electrons. The fraction of sp³-hybridized carbons (Fsp3) is 0.462. The van der Waals surface area contributed by atoms with Crippen LogP contribution in [0.3, 0.4) is 0 Å². The average Bonchev–Trinajstić information content (AvgIpc) is 3.57. The number of nitrogens with one attached hydrogen (secondary N) is 3. The van der Waals surface area contributed by atoms with Gasteiger partial charge < -0.3 is 45.6 Å². The number of carbonyl (C=O) groups excluding carboxylic acids is 2. The van der Waals surface area contributed by atoms with E-state index in [9.17, 15) is 14.7 Å². The molecule has 220 valence electrons. The van der Waals surface area contributed by atoms with E-state index in [1.54, 1.807) is 12.1 Å². The first-order valence-electron chi connectivity index (χ1n) is 12.3. The van der Waals surface area contributed by atoms with Crippen LogP contribution in [-0.2, 0) is 30.8 Å². The zero-order chi connectivity index (χ0) is 29.0. The Morgan fingerprint density at radius 3 is 2.30 bits per heavy atom. The average molecular weight is 778 g/mol. The molecule has 14 heteroatoms. The van der Waals surface area contributed by atoms with Gasteiger partial charge in [0.05, 0.1) is 32.8 Å². The Balaban J connectivity index is 0.00000118. The van der Waals surface area contributed by atoms with Crippen molar-refractivity contribution in [3.8, 4) is 28.7 Å². The van der Waals surface area contributed by atoms with Gasteiger partial charge in [0.25, 0.3) is 0 Å². The van der Waals surface area contributed by atoms with Gasteiger partial charge in [0.1, 0.15) is 0 Å². The number of fused-ring (bicyclic) bond motifs is 3. The number of esters is 1. The van der Waals surface area contributed by atoms with Crippen LogP contribution in [-0.4, -0.2) is 57.2 Å². The normalized spacial score (nSPS) is 22.8. The third-order valence-electron chi connectivity index (χ3n) is 7.33. The molecule has 2 aliphatic heterocycles. The van der Waals surface area contributed by atoms with Gasteiger partial charge in [-0.15, -0.1) is 0 Å². The zero-order valence-corrected chi connectivity index (χ0v) is 25.4. The van der Waals surface area contributed by atoms with E-state index in [1.165, 1.54) is 14.2 Å². The Labute approximate surface area is 248 Å². The molecule has 1 amide bonds. The van der Waals surface area contributed by atoms with Gasteiger partial charge in [-0.25, -0.2) is 0 Å². The Bertz CT molecular complexity index is 1230. The number of halogens is 2. The maximum atomic E-state index is 13.1. The molecule has 5 atom stereocenters. The Hall–Kier alpha value is -2.43. The second-order valence-electron chi connectivity index (χ2n) is 9.44. The van der Waals surface area contributed by atoms with Crippen LogP contribution in [0.5, 0.6) is 28.7 Å². The molecule has 0 spiro atoms. The molecular formula is C26H29Cl2N3O8Pt. The van der Waals surface area contributed by atoms with Crippen LogP contribution >= 0.6 is 18.8 Å². The van der Waals surface area contributed by atoms with E-state index in [-0.39, 0.29) is 67.8 Å². The molecule has 0 aromatic heterocycles. The minimum atomic E-state index is -0.633. The summed E-state index contributed by atoms with van der Waals surface area (Å²) in [5, 5.41) is 13.5. The number of amides is 1. The van der Waals surface area contributed by atoms with Crippen molar-refractivity contribution in [1.82, 2.24) is 5.32 Å². The number of cyclic esters (lactones) is 1. The first-order valence-corrected chi connectivity index (χ1v) is 17.9. The van der Waals surface area contributed by atoms with Gasteiger partial charge >= 0.3 is 41.3 Å². The van der Waals surface area contributed by atoms with Crippen molar-refractivity contribution in [2.45, 2.75) is 30.8 Å². The third-order valence-corrected chi connectivity index (χ3v) is 7.33. The zero-order valence-electron chi connectivity index (χ0n) is 21.6. The van der Waals surface area contributed by atoms with Gasteiger partial charge in [0, 0.05) is 18.3 Å². The molecule has 0 bridgehead atoms. The number of methoxy groups -OCH3 is 2. The number of benzene rings is 2. The van der Waals surface area contributed by atoms with Gasteiger partial charge in [0.2, 0.25) is 18.4 Å². The molecule has 2 aromatic rings. The maximum absolute atomic E-state index is 13.1. The summed E-state index contributed by atoms with van der Waals surface area (Å²) in [6.07, 6.45) is 0.376. The molecular weight excluding hydrogens is 748 g/mol. The van der Waals surface area contributed by atoms with Crippen molar-refractivity contribution in [2.24, 2.45) is 11.8 Å². The van der Waals surface area contributed by atoms with E-state index in [0.717, 1.165) is 11.1 Å². The molecule has 1 fully saturated rings. The molecule has 5 rings (SSSR count). The molecule has 0 saturated carbocycles. The molecule has 2 aromatic carbocycles. The SMILES string of the molecule is COc1cc([C@@H]2c3cc4c(cc3[C@H](NC(=O)CC[C@H]([NH-])C[NH-])[C@H]3COC(=O)[C@H]23)OCO4)cc(OC)c1O.[Cl][Pt+2][Cl]. The van der Waals surface area contributed by atoms with Crippen LogP contribution in [0, 0.1) is 11.8 Å². The molecule has 1 saturated heterocycles. The summed E-state index contributed by atoms with van der Waals surface area (Å²) in [7, 11) is 12.6. The summed E-state index contributed by atoms with van der Waals surface area (Å²) in [5.74, 6) is -0.812. The fourth-order valence-corrected chi connectivity index (χ4v) is 5.49. The predicted octanol–water partition coefficient (Wildman–Crippen LogP) is 4.86. The van der Waals surface area contributed by atoms with E-state index in [0.29, 0.717) is 17.1 Å². The van der Waals surface area contributed by atoms with E-state index >= 15 is 0 Å². The quantitative estimate of drug-likeness (QED) is 0.360. The summed E-state index contributed by atoms with van der Waals surface area (Å²) >= 11 is -0.472. The van der Waals surface area contributed by atoms with Crippen molar-refractivity contribution < 1.29 is 54.9 Å². The second kappa shape index (κ2) is 13.5.